The minimum absolute atomic E-state index is 0.580. The van der Waals surface area contributed by atoms with Crippen LogP contribution in [0.25, 0.3) is 17.1 Å². The number of halogens is 1. The zero-order chi connectivity index (χ0) is 19.1. The summed E-state index contributed by atoms with van der Waals surface area (Å²) in [5, 5.41) is 18.9. The Labute approximate surface area is 167 Å². The maximum absolute atomic E-state index is 8.67. The molecule has 27 heavy (non-hydrogen) atoms. The number of hydrogen-bond acceptors (Lipinski definition) is 5. The fourth-order valence-corrected chi connectivity index (χ4v) is 3.78. The first-order valence-electron chi connectivity index (χ1n) is 8.59. The van der Waals surface area contributed by atoms with Crippen molar-refractivity contribution in [3.63, 3.8) is 0 Å². The molecular formula is C20H19ClN4OS. The fourth-order valence-electron chi connectivity index (χ4n) is 2.61. The Kier molecular flexibility index (Phi) is 6.74. The van der Waals surface area contributed by atoms with Crippen LogP contribution in [0.3, 0.4) is 0 Å². The van der Waals surface area contributed by atoms with E-state index in [0.29, 0.717) is 17.3 Å². The molecule has 0 bridgehead atoms. The lowest BCUT2D eigenvalue weighted by atomic mass is 10.2. The number of ether oxygens (including phenoxy) is 1. The van der Waals surface area contributed by atoms with Gasteiger partial charge < -0.3 is 4.74 Å². The Balaban J connectivity index is 1.96. The van der Waals surface area contributed by atoms with Gasteiger partial charge in [0.25, 0.3) is 0 Å². The quantitative estimate of drug-likeness (QED) is 0.376. The minimum atomic E-state index is 0.580. The van der Waals surface area contributed by atoms with Gasteiger partial charge in [-0.15, -0.1) is 10.2 Å². The Morgan fingerprint density at radius 2 is 1.89 bits per heavy atom. The Bertz CT molecular complexity index is 934. The van der Waals surface area contributed by atoms with E-state index in [1.54, 1.807) is 18.9 Å². The maximum Gasteiger partial charge on any atom is 0.196 e. The van der Waals surface area contributed by atoms with Crippen LogP contribution in [0.2, 0.25) is 5.02 Å². The summed E-state index contributed by atoms with van der Waals surface area (Å²) in [6, 6.07) is 17.6. The molecule has 138 valence electrons. The Morgan fingerprint density at radius 1 is 1.11 bits per heavy atom. The third-order valence-corrected chi connectivity index (χ3v) is 5.34. The summed E-state index contributed by atoms with van der Waals surface area (Å²) >= 11 is 8.03. The number of thioether (sulfide) groups is 1. The van der Waals surface area contributed by atoms with Crippen molar-refractivity contribution >= 4 is 23.4 Å². The fraction of sp³-hybridized carbons (Fsp3) is 0.250. The monoisotopic (exact) mass is 398 g/mol. The summed E-state index contributed by atoms with van der Waals surface area (Å²) in [5.74, 6) is 2.36. The maximum atomic E-state index is 8.67. The Hall–Kier alpha value is -2.49. The molecule has 0 spiro atoms. The second-order valence-electron chi connectivity index (χ2n) is 5.78. The molecule has 0 saturated carbocycles. The predicted octanol–water partition coefficient (Wildman–Crippen LogP) is 5.38. The van der Waals surface area contributed by atoms with E-state index in [-0.39, 0.29) is 0 Å². The van der Waals surface area contributed by atoms with Crippen LogP contribution >= 0.6 is 23.4 Å². The lowest BCUT2D eigenvalue weighted by Crippen LogP contribution is -2.00. The molecule has 7 heteroatoms. The zero-order valence-corrected chi connectivity index (χ0v) is 16.5. The summed E-state index contributed by atoms with van der Waals surface area (Å²) in [6.45, 7) is 0. The van der Waals surface area contributed by atoms with Crippen molar-refractivity contribution in [2.45, 2.75) is 24.4 Å². The molecule has 0 radical (unpaired) electrons. The van der Waals surface area contributed by atoms with E-state index in [9.17, 15) is 0 Å². The van der Waals surface area contributed by atoms with Crippen LogP contribution in [0, 0.1) is 11.3 Å². The van der Waals surface area contributed by atoms with E-state index in [4.69, 9.17) is 21.6 Å². The van der Waals surface area contributed by atoms with Gasteiger partial charge in [0, 0.05) is 23.4 Å². The number of rotatable bonds is 8. The highest BCUT2D eigenvalue weighted by Gasteiger charge is 2.18. The van der Waals surface area contributed by atoms with Crippen LogP contribution in [0.4, 0.5) is 0 Å². The summed E-state index contributed by atoms with van der Waals surface area (Å²) in [5.41, 5.74) is 1.77. The van der Waals surface area contributed by atoms with E-state index < -0.39 is 0 Å². The minimum Gasteiger partial charge on any atom is -0.497 e. The summed E-state index contributed by atoms with van der Waals surface area (Å²) in [6.07, 6.45) is 2.42. The molecule has 0 unspecified atom stereocenters. The first-order chi connectivity index (χ1) is 13.2. The Morgan fingerprint density at radius 3 is 2.59 bits per heavy atom. The predicted molar refractivity (Wildman–Crippen MR) is 109 cm³/mol. The highest BCUT2D eigenvalue weighted by Crippen LogP contribution is 2.32. The second kappa shape index (κ2) is 9.45. The van der Waals surface area contributed by atoms with Gasteiger partial charge in [0.15, 0.2) is 11.0 Å². The van der Waals surface area contributed by atoms with Gasteiger partial charge in [-0.05, 0) is 49.2 Å². The number of nitriles is 1. The molecule has 1 heterocycles. The second-order valence-corrected chi connectivity index (χ2v) is 7.25. The molecule has 3 aromatic rings. The van der Waals surface area contributed by atoms with Gasteiger partial charge in [0.1, 0.15) is 5.75 Å². The van der Waals surface area contributed by atoms with Crippen molar-refractivity contribution < 1.29 is 4.74 Å². The molecule has 3 rings (SSSR count). The van der Waals surface area contributed by atoms with Gasteiger partial charge in [0.05, 0.1) is 18.2 Å². The molecule has 0 amide bonds. The zero-order valence-electron chi connectivity index (χ0n) is 14.9. The smallest absolute Gasteiger partial charge is 0.196 e. The molecule has 0 fully saturated rings. The van der Waals surface area contributed by atoms with Crippen LogP contribution < -0.4 is 4.74 Å². The highest BCUT2D eigenvalue weighted by atomic mass is 35.5. The van der Waals surface area contributed by atoms with E-state index in [2.05, 4.69) is 16.3 Å². The standard InChI is InChI=1S/C20H19ClN4OS/c1-26-16-11-9-15(10-12-16)25-19(17-7-3-4-8-18(17)21)23-24-20(25)27-14-6-2-5-13-22/h3-4,7-12H,2,5-6,14H2,1H3. The average Bonchev–Trinajstić information content (AvgIpc) is 3.12. The largest absolute Gasteiger partial charge is 0.497 e. The van der Waals surface area contributed by atoms with Crippen molar-refractivity contribution in [3.05, 3.63) is 53.6 Å². The third kappa shape index (κ3) is 4.62. The number of unbranched alkanes of at least 4 members (excludes halogenated alkanes) is 2. The van der Waals surface area contributed by atoms with Crippen molar-refractivity contribution in [1.29, 1.82) is 5.26 Å². The molecular weight excluding hydrogens is 380 g/mol. The third-order valence-electron chi connectivity index (χ3n) is 3.99. The normalized spacial score (nSPS) is 10.6. The molecule has 0 saturated heterocycles. The average molecular weight is 399 g/mol. The molecule has 0 aliphatic rings. The topological polar surface area (TPSA) is 63.7 Å². The summed E-state index contributed by atoms with van der Waals surface area (Å²) in [4.78, 5) is 0. The van der Waals surface area contributed by atoms with E-state index in [1.807, 2.05) is 53.1 Å². The first-order valence-corrected chi connectivity index (χ1v) is 9.95. The van der Waals surface area contributed by atoms with Gasteiger partial charge in [-0.1, -0.05) is 35.5 Å². The molecule has 0 aliphatic carbocycles. The number of nitrogens with zero attached hydrogens (tertiary/aromatic N) is 4. The SMILES string of the molecule is COc1ccc(-n2c(SCCCCC#N)nnc2-c2ccccc2Cl)cc1. The van der Waals surface area contributed by atoms with Crippen molar-refractivity contribution in [2.75, 3.05) is 12.9 Å². The van der Waals surface area contributed by atoms with Crippen LogP contribution in [0.15, 0.2) is 53.7 Å². The van der Waals surface area contributed by atoms with E-state index >= 15 is 0 Å². The molecule has 5 nitrogen and oxygen atoms in total. The van der Waals surface area contributed by atoms with E-state index in [0.717, 1.165) is 40.8 Å². The van der Waals surface area contributed by atoms with Crippen molar-refractivity contribution in [2.24, 2.45) is 0 Å². The van der Waals surface area contributed by atoms with E-state index in [1.165, 1.54) is 0 Å². The van der Waals surface area contributed by atoms with Gasteiger partial charge in [-0.2, -0.15) is 5.26 Å². The van der Waals surface area contributed by atoms with Crippen LogP contribution in [-0.2, 0) is 0 Å². The van der Waals surface area contributed by atoms with Crippen LogP contribution in [0.5, 0.6) is 5.75 Å². The van der Waals surface area contributed by atoms with Gasteiger partial charge >= 0.3 is 0 Å². The summed E-state index contributed by atoms with van der Waals surface area (Å²) in [7, 11) is 1.64. The van der Waals surface area contributed by atoms with Gasteiger partial charge in [-0.3, -0.25) is 4.57 Å². The van der Waals surface area contributed by atoms with Crippen molar-refractivity contribution in [3.8, 4) is 28.9 Å². The molecule has 1 aromatic heterocycles. The number of aromatic nitrogens is 3. The molecule has 0 aliphatic heterocycles. The lowest BCUT2D eigenvalue weighted by Gasteiger charge is -2.12. The van der Waals surface area contributed by atoms with Gasteiger partial charge in [0.2, 0.25) is 0 Å². The molecule has 0 N–H and O–H groups in total. The number of hydrogen-bond donors (Lipinski definition) is 0. The van der Waals surface area contributed by atoms with Gasteiger partial charge in [-0.25, -0.2) is 0 Å². The van der Waals surface area contributed by atoms with Crippen molar-refractivity contribution in [1.82, 2.24) is 14.8 Å². The van der Waals surface area contributed by atoms with Crippen LogP contribution in [0.1, 0.15) is 19.3 Å². The summed E-state index contributed by atoms with van der Waals surface area (Å²) < 4.78 is 7.27. The molecule has 2 aromatic carbocycles. The van der Waals surface area contributed by atoms with Crippen LogP contribution in [-0.4, -0.2) is 27.6 Å². The first kappa shape index (κ1) is 19.3. The highest BCUT2D eigenvalue weighted by molar-refractivity contribution is 7.99. The molecule has 0 atom stereocenters. The lowest BCUT2D eigenvalue weighted by molar-refractivity contribution is 0.414. The number of benzene rings is 2. The number of methoxy groups -OCH3 is 1.